The summed E-state index contributed by atoms with van der Waals surface area (Å²) in [6.07, 6.45) is 3.07. The van der Waals surface area contributed by atoms with E-state index in [1.54, 1.807) is 4.31 Å². The Labute approximate surface area is 187 Å². The monoisotopic (exact) mass is 469 g/mol. The van der Waals surface area contributed by atoms with Crippen molar-refractivity contribution in [1.29, 1.82) is 0 Å². The lowest BCUT2D eigenvalue weighted by atomic mass is 9.51. The molecule has 6 nitrogen and oxygen atoms in total. The van der Waals surface area contributed by atoms with Gasteiger partial charge in [-0.2, -0.15) is 8.42 Å². The Morgan fingerprint density at radius 2 is 1.03 bits per heavy atom. The molecule has 0 aromatic rings. The zero-order chi connectivity index (χ0) is 24.2. The van der Waals surface area contributed by atoms with E-state index in [0.717, 1.165) is 0 Å². The first kappa shape index (κ1) is 29.8. The predicted octanol–water partition coefficient (Wildman–Crippen LogP) is 5.50. The third-order valence-electron chi connectivity index (χ3n) is 8.53. The van der Waals surface area contributed by atoms with E-state index in [4.69, 9.17) is 0 Å². The molecule has 8 heteroatoms. The van der Waals surface area contributed by atoms with E-state index in [0.29, 0.717) is 51.6 Å². The van der Waals surface area contributed by atoms with Crippen molar-refractivity contribution in [1.82, 2.24) is 4.31 Å². The average Bonchev–Trinajstić information content (AvgIpc) is 2.66. The highest BCUT2D eigenvalue weighted by Crippen LogP contribution is 2.63. The van der Waals surface area contributed by atoms with Gasteiger partial charge in [-0.05, 0) is 63.2 Å². The van der Waals surface area contributed by atoms with Crippen LogP contribution in [0.5, 0.6) is 0 Å². The topological polar surface area (TPSA) is 91.8 Å². The summed E-state index contributed by atoms with van der Waals surface area (Å²) in [5.41, 5.74) is -1.90. The fourth-order valence-corrected chi connectivity index (χ4v) is 9.71. The molecule has 0 bridgehead atoms. The van der Waals surface area contributed by atoms with Crippen LogP contribution in [0, 0.1) is 10.8 Å². The molecular formula is C22H47NO5S2. The molecule has 2 atom stereocenters. The van der Waals surface area contributed by atoms with Crippen LogP contribution in [-0.4, -0.2) is 48.3 Å². The molecule has 182 valence electrons. The normalized spacial score (nSPS) is 18.3. The first-order valence-electron chi connectivity index (χ1n) is 11.5. The van der Waals surface area contributed by atoms with Crippen molar-refractivity contribution in [3.05, 3.63) is 0 Å². The molecule has 0 saturated carbocycles. The highest BCUT2D eigenvalue weighted by atomic mass is 32.2. The van der Waals surface area contributed by atoms with Gasteiger partial charge in [-0.25, -0.2) is 12.7 Å². The van der Waals surface area contributed by atoms with Crippen LogP contribution in [0.25, 0.3) is 0 Å². The summed E-state index contributed by atoms with van der Waals surface area (Å²) >= 11 is 0. The quantitative estimate of drug-likeness (QED) is 0.339. The molecule has 0 rings (SSSR count). The molecule has 0 fully saturated rings. The minimum absolute atomic E-state index is 0.372. The van der Waals surface area contributed by atoms with Gasteiger partial charge in [0.05, 0.1) is 9.49 Å². The lowest BCUT2D eigenvalue weighted by Gasteiger charge is -2.61. The maximum Gasteiger partial charge on any atom is 0.270 e. The molecule has 0 radical (unpaired) electrons. The maximum absolute atomic E-state index is 14.3. The molecule has 30 heavy (non-hydrogen) atoms. The van der Waals surface area contributed by atoms with Crippen LogP contribution < -0.4 is 0 Å². The maximum atomic E-state index is 14.3. The van der Waals surface area contributed by atoms with Crippen LogP contribution in [-0.2, 0) is 20.1 Å². The molecule has 0 amide bonds. The van der Waals surface area contributed by atoms with Crippen molar-refractivity contribution in [2.24, 2.45) is 10.8 Å². The van der Waals surface area contributed by atoms with Crippen LogP contribution in [0.2, 0.25) is 0 Å². The molecule has 0 heterocycles. The summed E-state index contributed by atoms with van der Waals surface area (Å²) in [7, 11) is -8.20. The van der Waals surface area contributed by atoms with Gasteiger partial charge in [0.15, 0.2) is 0 Å². The third-order valence-corrected chi connectivity index (χ3v) is 13.3. The smallest absolute Gasteiger partial charge is 0.270 e. The van der Waals surface area contributed by atoms with Gasteiger partial charge in [0.1, 0.15) is 0 Å². The van der Waals surface area contributed by atoms with E-state index in [1.807, 2.05) is 55.4 Å². The molecule has 0 saturated heterocycles. The second-order valence-corrected chi connectivity index (χ2v) is 13.7. The van der Waals surface area contributed by atoms with Gasteiger partial charge in [0, 0.05) is 13.1 Å². The van der Waals surface area contributed by atoms with E-state index >= 15 is 0 Å². The van der Waals surface area contributed by atoms with Crippen LogP contribution in [0.15, 0.2) is 0 Å². The average molecular weight is 470 g/mol. The van der Waals surface area contributed by atoms with Crippen LogP contribution >= 0.6 is 0 Å². The Morgan fingerprint density at radius 1 is 0.667 bits per heavy atom. The zero-order valence-corrected chi connectivity index (χ0v) is 22.6. The van der Waals surface area contributed by atoms with E-state index in [2.05, 4.69) is 0 Å². The molecular weight excluding hydrogens is 422 g/mol. The third kappa shape index (κ3) is 4.23. The molecule has 0 aromatic heterocycles. The highest BCUT2D eigenvalue weighted by molar-refractivity contribution is 7.90. The second-order valence-electron chi connectivity index (χ2n) is 9.46. The highest BCUT2D eigenvalue weighted by Gasteiger charge is 2.67. The molecule has 0 aliphatic heterocycles. The van der Waals surface area contributed by atoms with Crippen molar-refractivity contribution >= 4 is 20.1 Å². The summed E-state index contributed by atoms with van der Waals surface area (Å²) in [6.45, 7) is 19.2. The van der Waals surface area contributed by atoms with Crippen LogP contribution in [0.4, 0.5) is 0 Å². The number of hydrogen-bond acceptors (Lipinski definition) is 4. The van der Waals surface area contributed by atoms with Crippen molar-refractivity contribution < 1.29 is 21.4 Å². The minimum atomic E-state index is -4.44. The summed E-state index contributed by atoms with van der Waals surface area (Å²) in [4.78, 5) is 0. The molecule has 0 spiro atoms. The number of hydrogen-bond donors (Lipinski definition) is 1. The van der Waals surface area contributed by atoms with Gasteiger partial charge in [-0.15, -0.1) is 0 Å². The standard InChI is InChI=1S/C22H47NO5S2/c1-11-17-23(18-12-2)29(24,25)22(15-5,16-6)21(10,14-4)20(9,13-3)19(7,8)30(26,27)28/h11-18H2,1-10H3,(H,26,27,28). The van der Waals surface area contributed by atoms with Gasteiger partial charge in [0.2, 0.25) is 10.0 Å². The molecule has 2 unspecified atom stereocenters. The van der Waals surface area contributed by atoms with E-state index < -0.39 is 40.5 Å². The first-order chi connectivity index (χ1) is 13.5. The Balaban J connectivity index is 7.33. The molecule has 0 aliphatic rings. The number of sulfonamides is 1. The zero-order valence-electron chi connectivity index (χ0n) is 21.0. The Bertz CT molecular complexity index is 750. The summed E-state index contributed by atoms with van der Waals surface area (Å²) < 4.78 is 62.6. The Hall–Kier alpha value is -0.180. The largest absolute Gasteiger partial charge is 0.285 e. The lowest BCUT2D eigenvalue weighted by Crippen LogP contribution is -2.67. The lowest BCUT2D eigenvalue weighted by molar-refractivity contribution is -0.0226. The van der Waals surface area contributed by atoms with E-state index in [9.17, 15) is 21.4 Å². The van der Waals surface area contributed by atoms with Crippen LogP contribution in [0.3, 0.4) is 0 Å². The van der Waals surface area contributed by atoms with Gasteiger partial charge in [0.25, 0.3) is 10.1 Å². The Morgan fingerprint density at radius 3 is 1.27 bits per heavy atom. The van der Waals surface area contributed by atoms with Gasteiger partial charge < -0.3 is 0 Å². The fraction of sp³-hybridized carbons (Fsp3) is 1.00. The van der Waals surface area contributed by atoms with Crippen LogP contribution in [0.1, 0.15) is 108 Å². The summed E-state index contributed by atoms with van der Waals surface area (Å²) in [5, 5.41) is 0. The van der Waals surface area contributed by atoms with Gasteiger partial charge >= 0.3 is 0 Å². The summed E-state index contributed by atoms with van der Waals surface area (Å²) in [5.74, 6) is 0. The van der Waals surface area contributed by atoms with Crippen molar-refractivity contribution in [3.8, 4) is 0 Å². The first-order valence-corrected chi connectivity index (χ1v) is 14.4. The van der Waals surface area contributed by atoms with Crippen molar-refractivity contribution in [2.75, 3.05) is 13.1 Å². The Kier molecular flexibility index (Phi) is 10.1. The van der Waals surface area contributed by atoms with Crippen molar-refractivity contribution in [2.45, 2.75) is 117 Å². The van der Waals surface area contributed by atoms with E-state index in [1.165, 1.54) is 13.8 Å². The molecule has 1 N–H and O–H groups in total. The van der Waals surface area contributed by atoms with Crippen molar-refractivity contribution in [3.63, 3.8) is 0 Å². The second kappa shape index (κ2) is 10.2. The fourth-order valence-electron chi connectivity index (χ4n) is 5.76. The predicted molar refractivity (Wildman–Crippen MR) is 127 cm³/mol. The minimum Gasteiger partial charge on any atom is -0.285 e. The molecule has 0 aromatic carbocycles. The van der Waals surface area contributed by atoms with Gasteiger partial charge in [-0.1, -0.05) is 55.4 Å². The SMILES string of the molecule is CCCN(CCC)S(=O)(=O)C(CC)(CC)C(C)(CC)C(C)(CC)C(C)(C)S(=O)(=O)O. The number of nitrogens with zero attached hydrogens (tertiary/aromatic N) is 1. The van der Waals surface area contributed by atoms with E-state index in [-0.39, 0.29) is 0 Å². The summed E-state index contributed by atoms with van der Waals surface area (Å²) in [6, 6.07) is 0. The molecule has 0 aliphatic carbocycles. The van der Waals surface area contributed by atoms with Gasteiger partial charge in [-0.3, -0.25) is 4.55 Å². The number of rotatable bonds is 14.